The van der Waals surface area contributed by atoms with Crippen molar-refractivity contribution in [3.8, 4) is 6.07 Å². The highest BCUT2D eigenvalue weighted by atomic mass is 16.3. The molecule has 2 unspecified atom stereocenters. The molecule has 1 fully saturated rings. The molecule has 0 saturated carbocycles. The van der Waals surface area contributed by atoms with E-state index in [0.29, 0.717) is 24.2 Å². The van der Waals surface area contributed by atoms with Crippen LogP contribution in [0.5, 0.6) is 0 Å². The molecule has 1 saturated heterocycles. The molecule has 0 aliphatic carbocycles. The summed E-state index contributed by atoms with van der Waals surface area (Å²) in [6.45, 7) is 3.11. The first-order valence-corrected chi connectivity index (χ1v) is 6.33. The van der Waals surface area contributed by atoms with Crippen molar-refractivity contribution in [2.75, 3.05) is 18.4 Å². The number of β-amino-alcohol motifs (C(OH)–C–C–N with tert-alkyl or cyclic N) is 1. The summed E-state index contributed by atoms with van der Waals surface area (Å²) in [5, 5.41) is 21.0. The van der Waals surface area contributed by atoms with Gasteiger partial charge in [0.25, 0.3) is 0 Å². The van der Waals surface area contributed by atoms with Crippen LogP contribution in [0.4, 0.5) is 5.69 Å². The second kappa shape index (κ2) is 5.83. The zero-order valence-electron chi connectivity index (χ0n) is 10.8. The molecule has 2 atom stereocenters. The van der Waals surface area contributed by atoms with Gasteiger partial charge >= 0.3 is 0 Å². The summed E-state index contributed by atoms with van der Waals surface area (Å²) in [6.07, 6.45) is 0.388. The van der Waals surface area contributed by atoms with E-state index in [9.17, 15) is 9.90 Å². The van der Waals surface area contributed by atoms with Gasteiger partial charge in [-0.1, -0.05) is 0 Å². The van der Waals surface area contributed by atoms with Crippen LogP contribution in [0, 0.1) is 11.3 Å². The molecule has 1 aliphatic heterocycles. The highest BCUT2D eigenvalue weighted by molar-refractivity contribution is 5.94. The largest absolute Gasteiger partial charge is 0.392 e. The van der Waals surface area contributed by atoms with E-state index in [1.165, 1.54) is 0 Å². The van der Waals surface area contributed by atoms with E-state index in [1.54, 1.807) is 24.3 Å². The van der Waals surface area contributed by atoms with Crippen LogP contribution in [-0.2, 0) is 4.79 Å². The van der Waals surface area contributed by atoms with Gasteiger partial charge in [0.1, 0.15) is 0 Å². The molecule has 19 heavy (non-hydrogen) atoms. The Bertz CT molecular complexity index is 492. The van der Waals surface area contributed by atoms with Gasteiger partial charge in [0, 0.05) is 18.8 Å². The van der Waals surface area contributed by atoms with Crippen molar-refractivity contribution < 1.29 is 9.90 Å². The first-order valence-electron chi connectivity index (χ1n) is 6.33. The van der Waals surface area contributed by atoms with E-state index in [2.05, 4.69) is 5.32 Å². The van der Waals surface area contributed by atoms with Crippen molar-refractivity contribution in [1.29, 1.82) is 5.26 Å². The van der Waals surface area contributed by atoms with Gasteiger partial charge in [-0.15, -0.1) is 0 Å². The molecular formula is C14H17N3O2. The van der Waals surface area contributed by atoms with Crippen molar-refractivity contribution in [2.24, 2.45) is 0 Å². The number of benzene rings is 1. The quantitative estimate of drug-likeness (QED) is 0.847. The highest BCUT2D eigenvalue weighted by Crippen LogP contribution is 2.15. The van der Waals surface area contributed by atoms with Crippen LogP contribution >= 0.6 is 0 Å². The van der Waals surface area contributed by atoms with Crippen LogP contribution in [0.25, 0.3) is 0 Å². The van der Waals surface area contributed by atoms with E-state index < -0.39 is 0 Å². The summed E-state index contributed by atoms with van der Waals surface area (Å²) in [6, 6.07) is 8.51. The van der Waals surface area contributed by atoms with E-state index in [1.807, 2.05) is 17.9 Å². The van der Waals surface area contributed by atoms with Gasteiger partial charge in [0.2, 0.25) is 5.91 Å². The Labute approximate surface area is 112 Å². The number of likely N-dealkylation sites (tertiary alicyclic amines) is 1. The summed E-state index contributed by atoms with van der Waals surface area (Å²) in [5.41, 5.74) is 1.24. The van der Waals surface area contributed by atoms with Crippen molar-refractivity contribution in [3.05, 3.63) is 29.8 Å². The molecule has 0 aromatic heterocycles. The van der Waals surface area contributed by atoms with Crippen molar-refractivity contribution >= 4 is 11.6 Å². The number of nitrogens with zero attached hydrogens (tertiary/aromatic N) is 2. The van der Waals surface area contributed by atoms with Crippen LogP contribution < -0.4 is 5.32 Å². The maximum Gasteiger partial charge on any atom is 0.241 e. The van der Waals surface area contributed by atoms with Crippen molar-refractivity contribution in [2.45, 2.75) is 25.5 Å². The monoisotopic (exact) mass is 259 g/mol. The van der Waals surface area contributed by atoms with E-state index in [4.69, 9.17) is 5.26 Å². The third-order valence-electron chi connectivity index (χ3n) is 3.40. The van der Waals surface area contributed by atoms with Gasteiger partial charge in [-0.2, -0.15) is 5.26 Å². The molecule has 1 aromatic rings. The first kappa shape index (κ1) is 13.5. The number of hydrogen-bond donors (Lipinski definition) is 2. The molecule has 1 aliphatic rings. The van der Waals surface area contributed by atoms with E-state index in [-0.39, 0.29) is 18.1 Å². The molecule has 100 valence electrons. The average molecular weight is 259 g/mol. The van der Waals surface area contributed by atoms with Gasteiger partial charge < -0.3 is 10.4 Å². The molecule has 5 heteroatoms. The topological polar surface area (TPSA) is 76.4 Å². The second-order valence-corrected chi connectivity index (χ2v) is 4.79. The predicted molar refractivity (Wildman–Crippen MR) is 71.4 cm³/mol. The third-order valence-corrected chi connectivity index (χ3v) is 3.40. The Balaban J connectivity index is 1.94. The molecule has 2 rings (SSSR count). The van der Waals surface area contributed by atoms with Crippen LogP contribution in [0.15, 0.2) is 24.3 Å². The number of anilines is 1. The highest BCUT2D eigenvalue weighted by Gasteiger charge is 2.28. The van der Waals surface area contributed by atoms with Gasteiger partial charge in [-0.05, 0) is 37.6 Å². The minimum absolute atomic E-state index is 0.0983. The lowest BCUT2D eigenvalue weighted by molar-refractivity contribution is -0.120. The fourth-order valence-corrected chi connectivity index (χ4v) is 2.16. The normalized spacial score (nSPS) is 20.8. The molecule has 5 nitrogen and oxygen atoms in total. The standard InChI is InChI=1S/C14H17N3O2/c1-10(17-7-6-13(18)9-17)14(19)16-12-4-2-11(8-15)3-5-12/h2-5,10,13,18H,6-7,9H2,1H3,(H,16,19). The fourth-order valence-electron chi connectivity index (χ4n) is 2.16. The lowest BCUT2D eigenvalue weighted by Crippen LogP contribution is -2.41. The van der Waals surface area contributed by atoms with E-state index in [0.717, 1.165) is 6.54 Å². The van der Waals surface area contributed by atoms with Crippen LogP contribution in [-0.4, -0.2) is 41.1 Å². The SMILES string of the molecule is CC(C(=O)Nc1ccc(C#N)cc1)N1CCC(O)C1. The number of hydrogen-bond acceptors (Lipinski definition) is 4. The Hall–Kier alpha value is -1.90. The number of nitriles is 1. The van der Waals surface area contributed by atoms with Gasteiger partial charge in [-0.25, -0.2) is 0 Å². The summed E-state index contributed by atoms with van der Waals surface area (Å²) in [5.74, 6) is -0.0983. The maximum absolute atomic E-state index is 12.1. The lowest BCUT2D eigenvalue weighted by Gasteiger charge is -2.22. The summed E-state index contributed by atoms with van der Waals surface area (Å²) >= 11 is 0. The number of aliphatic hydroxyl groups is 1. The number of aliphatic hydroxyl groups excluding tert-OH is 1. The number of carbonyl (C=O) groups excluding carboxylic acids is 1. The molecule has 1 aromatic carbocycles. The van der Waals surface area contributed by atoms with Gasteiger partial charge in [0.05, 0.1) is 23.8 Å². The van der Waals surface area contributed by atoms with Crippen LogP contribution in [0.3, 0.4) is 0 Å². The Morgan fingerprint density at radius 1 is 1.53 bits per heavy atom. The number of rotatable bonds is 3. The van der Waals surface area contributed by atoms with Crippen LogP contribution in [0.1, 0.15) is 18.9 Å². The number of amides is 1. The van der Waals surface area contributed by atoms with E-state index >= 15 is 0 Å². The molecular weight excluding hydrogens is 242 g/mol. The maximum atomic E-state index is 12.1. The molecule has 1 amide bonds. The first-order chi connectivity index (χ1) is 9.10. The number of carbonyl (C=O) groups is 1. The Morgan fingerprint density at radius 2 is 2.21 bits per heavy atom. The smallest absolute Gasteiger partial charge is 0.241 e. The zero-order valence-corrected chi connectivity index (χ0v) is 10.8. The summed E-state index contributed by atoms with van der Waals surface area (Å²) in [7, 11) is 0. The van der Waals surface area contributed by atoms with Crippen molar-refractivity contribution in [1.82, 2.24) is 4.90 Å². The van der Waals surface area contributed by atoms with Gasteiger partial charge in [-0.3, -0.25) is 9.69 Å². The summed E-state index contributed by atoms with van der Waals surface area (Å²) in [4.78, 5) is 14.0. The molecule has 1 heterocycles. The zero-order chi connectivity index (χ0) is 13.8. The average Bonchev–Trinajstić information content (AvgIpc) is 2.85. The molecule has 0 radical (unpaired) electrons. The summed E-state index contributed by atoms with van der Waals surface area (Å²) < 4.78 is 0. The van der Waals surface area contributed by atoms with Crippen molar-refractivity contribution in [3.63, 3.8) is 0 Å². The van der Waals surface area contributed by atoms with Gasteiger partial charge in [0.15, 0.2) is 0 Å². The Morgan fingerprint density at radius 3 is 2.74 bits per heavy atom. The molecule has 0 spiro atoms. The molecule has 0 bridgehead atoms. The number of nitrogens with one attached hydrogen (secondary N) is 1. The minimum Gasteiger partial charge on any atom is -0.392 e. The second-order valence-electron chi connectivity index (χ2n) is 4.79. The fraction of sp³-hybridized carbons (Fsp3) is 0.429. The minimum atomic E-state index is -0.329. The Kier molecular flexibility index (Phi) is 4.15. The molecule has 2 N–H and O–H groups in total. The predicted octanol–water partition coefficient (Wildman–Crippen LogP) is 0.952. The van der Waals surface area contributed by atoms with Crippen LogP contribution in [0.2, 0.25) is 0 Å². The third kappa shape index (κ3) is 3.31. The lowest BCUT2D eigenvalue weighted by atomic mass is 10.2.